The van der Waals surface area contributed by atoms with Gasteiger partial charge in [0, 0.05) is 18.8 Å². The van der Waals surface area contributed by atoms with Crippen LogP contribution in [0.2, 0.25) is 0 Å². The number of carbonyl (C=O) groups is 3. The molecule has 4 rings (SSSR count). The Kier molecular flexibility index (Phi) is 4.30. The summed E-state index contributed by atoms with van der Waals surface area (Å²) in [5, 5.41) is 0. The number of hydrogen-bond donors (Lipinski definition) is 0. The minimum atomic E-state index is -0.990. The number of hydrogen-bond acceptors (Lipinski definition) is 4. The Hall–Kier alpha value is -1.71. The van der Waals surface area contributed by atoms with Crippen LogP contribution in [0.5, 0.6) is 0 Å². The fourth-order valence-corrected chi connectivity index (χ4v) is 7.48. The number of allylic oxidation sites excluding steroid dienone is 4. The van der Waals surface area contributed by atoms with Crippen molar-refractivity contribution in [3.8, 4) is 0 Å². The first kappa shape index (κ1) is 19.6. The topological polar surface area (TPSA) is 60.4 Å². The Labute approximate surface area is 167 Å². The number of fused-ring (bicyclic) bond motifs is 5. The van der Waals surface area contributed by atoms with Crippen LogP contribution >= 0.6 is 0 Å². The second kappa shape index (κ2) is 6.14. The number of carbonyl (C=O) groups excluding carboxylic acids is 3. The van der Waals surface area contributed by atoms with Gasteiger partial charge in [-0.15, -0.1) is 0 Å². The van der Waals surface area contributed by atoms with Crippen LogP contribution in [0.25, 0.3) is 0 Å². The summed E-state index contributed by atoms with van der Waals surface area (Å²) >= 11 is 0. The lowest BCUT2D eigenvalue weighted by Gasteiger charge is -2.58. The zero-order chi connectivity index (χ0) is 20.5. The van der Waals surface area contributed by atoms with E-state index in [0.29, 0.717) is 30.6 Å². The lowest BCUT2D eigenvalue weighted by atomic mass is 9.47. The van der Waals surface area contributed by atoms with Gasteiger partial charge in [-0.1, -0.05) is 25.5 Å². The molecular weight excluding hydrogens is 352 g/mol. The molecule has 4 heteroatoms. The Balaban J connectivity index is 1.79. The first-order chi connectivity index (χ1) is 13.0. The molecule has 2 saturated carbocycles. The van der Waals surface area contributed by atoms with Gasteiger partial charge in [0.2, 0.25) is 0 Å². The first-order valence-corrected chi connectivity index (χ1v) is 10.7. The SMILES string of the molecule is CC(=O)O[C@]1(C(C)=O)CC[C@@H]2[C@@H]3C=C(C)C4=CC(=O)CC[C@]4(C)[C@H]3CC[C@]21C. The summed E-state index contributed by atoms with van der Waals surface area (Å²) in [6.45, 7) is 9.63. The summed E-state index contributed by atoms with van der Waals surface area (Å²) in [5.41, 5.74) is 1.15. The van der Waals surface area contributed by atoms with Gasteiger partial charge in [0.05, 0.1) is 0 Å². The third-order valence-electron chi connectivity index (χ3n) is 8.84. The molecule has 4 aliphatic rings. The fourth-order valence-electron chi connectivity index (χ4n) is 7.48. The van der Waals surface area contributed by atoms with Crippen LogP contribution in [0.15, 0.2) is 23.3 Å². The van der Waals surface area contributed by atoms with Gasteiger partial charge in [0.15, 0.2) is 17.2 Å². The zero-order valence-corrected chi connectivity index (χ0v) is 17.8. The monoisotopic (exact) mass is 384 g/mol. The molecular formula is C24H32O4. The average Bonchev–Trinajstić information content (AvgIpc) is 2.90. The van der Waals surface area contributed by atoms with Crippen molar-refractivity contribution in [2.75, 3.05) is 0 Å². The Bertz CT molecular complexity index is 820. The number of ether oxygens (including phenoxy) is 1. The van der Waals surface area contributed by atoms with E-state index in [0.717, 1.165) is 25.7 Å². The zero-order valence-electron chi connectivity index (χ0n) is 17.8. The molecule has 0 unspecified atom stereocenters. The molecule has 0 aromatic carbocycles. The molecule has 4 aliphatic carbocycles. The summed E-state index contributed by atoms with van der Waals surface area (Å²) < 4.78 is 5.82. The van der Waals surface area contributed by atoms with Crippen LogP contribution in [-0.4, -0.2) is 23.1 Å². The lowest BCUT2D eigenvalue weighted by molar-refractivity contribution is -0.185. The largest absolute Gasteiger partial charge is 0.451 e. The summed E-state index contributed by atoms with van der Waals surface area (Å²) in [7, 11) is 0. The standard InChI is InChI=1S/C24H32O4/c1-14-12-18-19(22(4)9-6-17(27)13-21(14)22)7-10-23(5)20(18)8-11-24(23,15(2)25)28-16(3)26/h12-13,18-20H,6-11H2,1-5H3/t18-,19+,20-,22-,23-,24+/m1/s1. The number of Topliss-reactive ketones (excluding diaryl/α,β-unsaturated/α-hetero) is 1. The van der Waals surface area contributed by atoms with E-state index in [2.05, 4.69) is 26.8 Å². The molecule has 0 radical (unpaired) electrons. The van der Waals surface area contributed by atoms with Crippen molar-refractivity contribution in [2.45, 2.75) is 78.7 Å². The van der Waals surface area contributed by atoms with Crippen LogP contribution < -0.4 is 0 Å². The lowest BCUT2D eigenvalue weighted by Crippen LogP contribution is -2.58. The fraction of sp³-hybridized carbons (Fsp3) is 0.708. The van der Waals surface area contributed by atoms with E-state index in [9.17, 15) is 14.4 Å². The molecule has 152 valence electrons. The maximum absolute atomic E-state index is 12.8. The molecule has 0 aromatic rings. The van der Waals surface area contributed by atoms with Gasteiger partial charge in [-0.3, -0.25) is 14.4 Å². The molecule has 0 N–H and O–H groups in total. The summed E-state index contributed by atoms with van der Waals surface area (Å²) in [4.78, 5) is 36.8. The average molecular weight is 385 g/mol. The summed E-state index contributed by atoms with van der Waals surface area (Å²) in [5.74, 6) is 1.03. The highest BCUT2D eigenvalue weighted by molar-refractivity contribution is 5.92. The smallest absolute Gasteiger partial charge is 0.303 e. The van der Waals surface area contributed by atoms with Crippen LogP contribution in [0.3, 0.4) is 0 Å². The Morgan fingerprint density at radius 1 is 1.07 bits per heavy atom. The second-order valence-corrected chi connectivity index (χ2v) is 10.1. The molecule has 0 saturated heterocycles. The predicted molar refractivity (Wildman–Crippen MR) is 106 cm³/mol. The predicted octanol–water partition coefficient (Wildman–Crippen LogP) is 4.58. The van der Waals surface area contributed by atoms with Crippen LogP contribution in [-0.2, 0) is 19.1 Å². The van der Waals surface area contributed by atoms with E-state index in [4.69, 9.17) is 4.74 Å². The van der Waals surface area contributed by atoms with Gasteiger partial charge < -0.3 is 4.74 Å². The molecule has 0 spiro atoms. The number of rotatable bonds is 2. The van der Waals surface area contributed by atoms with Crippen molar-refractivity contribution in [2.24, 2.45) is 28.6 Å². The van der Waals surface area contributed by atoms with Crippen molar-refractivity contribution in [3.05, 3.63) is 23.3 Å². The molecule has 0 heterocycles. The van der Waals surface area contributed by atoms with Crippen molar-refractivity contribution in [1.82, 2.24) is 0 Å². The molecule has 28 heavy (non-hydrogen) atoms. The molecule has 0 bridgehead atoms. The van der Waals surface area contributed by atoms with E-state index in [1.54, 1.807) is 6.92 Å². The van der Waals surface area contributed by atoms with Gasteiger partial charge in [-0.25, -0.2) is 0 Å². The minimum Gasteiger partial charge on any atom is -0.451 e. The van der Waals surface area contributed by atoms with Gasteiger partial charge >= 0.3 is 5.97 Å². The normalized spacial score (nSPS) is 44.6. The van der Waals surface area contributed by atoms with E-state index >= 15 is 0 Å². The minimum absolute atomic E-state index is 0.0160. The van der Waals surface area contributed by atoms with Crippen molar-refractivity contribution in [1.29, 1.82) is 0 Å². The molecule has 0 aromatic heterocycles. The number of ketones is 2. The first-order valence-electron chi connectivity index (χ1n) is 10.7. The number of esters is 1. The highest BCUT2D eigenvalue weighted by Crippen LogP contribution is 2.67. The summed E-state index contributed by atoms with van der Waals surface area (Å²) in [6, 6.07) is 0. The van der Waals surface area contributed by atoms with Crippen LogP contribution in [0.1, 0.15) is 73.1 Å². The maximum Gasteiger partial charge on any atom is 0.303 e. The molecule has 6 atom stereocenters. The molecule has 2 fully saturated rings. The third-order valence-corrected chi connectivity index (χ3v) is 8.84. The Morgan fingerprint density at radius 3 is 2.39 bits per heavy atom. The van der Waals surface area contributed by atoms with E-state index in [1.165, 1.54) is 18.1 Å². The highest BCUT2D eigenvalue weighted by Gasteiger charge is 2.67. The van der Waals surface area contributed by atoms with Gasteiger partial charge in [-0.2, -0.15) is 0 Å². The van der Waals surface area contributed by atoms with Gasteiger partial charge in [0.1, 0.15) is 0 Å². The van der Waals surface area contributed by atoms with Gasteiger partial charge in [-0.05, 0) is 80.8 Å². The highest BCUT2D eigenvalue weighted by atomic mass is 16.6. The molecule has 0 amide bonds. The Morgan fingerprint density at radius 2 is 1.75 bits per heavy atom. The molecule has 4 nitrogen and oxygen atoms in total. The van der Waals surface area contributed by atoms with E-state index in [1.807, 2.05) is 6.08 Å². The van der Waals surface area contributed by atoms with Crippen LogP contribution in [0, 0.1) is 28.6 Å². The third kappa shape index (κ3) is 2.39. The van der Waals surface area contributed by atoms with Crippen molar-refractivity contribution >= 4 is 17.5 Å². The molecule has 0 aliphatic heterocycles. The van der Waals surface area contributed by atoms with Gasteiger partial charge in [0.25, 0.3) is 0 Å². The van der Waals surface area contributed by atoms with Crippen LogP contribution in [0.4, 0.5) is 0 Å². The maximum atomic E-state index is 12.8. The van der Waals surface area contributed by atoms with Crippen molar-refractivity contribution in [3.63, 3.8) is 0 Å². The van der Waals surface area contributed by atoms with E-state index in [-0.39, 0.29) is 28.4 Å². The second-order valence-electron chi connectivity index (χ2n) is 10.1. The summed E-state index contributed by atoms with van der Waals surface area (Å²) in [6.07, 6.45) is 9.20. The van der Waals surface area contributed by atoms with E-state index < -0.39 is 5.60 Å². The van der Waals surface area contributed by atoms with Crippen molar-refractivity contribution < 1.29 is 19.1 Å². The quantitative estimate of drug-likeness (QED) is 0.654.